The largest absolute Gasteiger partial charge is 0.304 e. The molecule has 4 nitrogen and oxygen atoms in total. The predicted octanol–water partition coefficient (Wildman–Crippen LogP) is 1.74. The van der Waals surface area contributed by atoms with Crippen molar-refractivity contribution in [3.8, 4) is 0 Å². The maximum absolute atomic E-state index is 4.13. The molecule has 1 aromatic carbocycles. The molecule has 1 aliphatic rings. The lowest BCUT2D eigenvalue weighted by Gasteiger charge is -2.32. The Hall–Kier alpha value is -1.39. The normalized spacial score (nSPS) is 18.2. The van der Waals surface area contributed by atoms with Gasteiger partial charge in [0, 0.05) is 31.6 Å². The van der Waals surface area contributed by atoms with E-state index in [-0.39, 0.29) is 0 Å². The van der Waals surface area contributed by atoms with E-state index < -0.39 is 0 Å². The summed E-state index contributed by atoms with van der Waals surface area (Å²) >= 11 is 0. The van der Waals surface area contributed by atoms with E-state index in [0.717, 1.165) is 6.42 Å². The first-order chi connectivity index (χ1) is 9.33. The summed E-state index contributed by atoms with van der Waals surface area (Å²) in [7, 11) is 2.20. The Labute approximate surface area is 114 Å². The minimum absolute atomic E-state index is 1.13. The average molecular weight is 258 g/mol. The van der Waals surface area contributed by atoms with E-state index in [2.05, 4.69) is 45.2 Å². The standard InChI is InChI=1S/C15H22N4/c1-18-8-10-19(11-9-18)7-3-6-13-4-2-5-14-12-16-17-15(13)14/h2,4-5,12H,3,6-11H2,1H3,(H,16,17). The van der Waals surface area contributed by atoms with Crippen LogP contribution in [-0.4, -0.2) is 59.8 Å². The van der Waals surface area contributed by atoms with Crippen molar-refractivity contribution >= 4 is 10.9 Å². The summed E-state index contributed by atoms with van der Waals surface area (Å²) in [6.45, 7) is 6.04. The van der Waals surface area contributed by atoms with Crippen LogP contribution in [0, 0.1) is 0 Å². The number of rotatable bonds is 4. The van der Waals surface area contributed by atoms with Crippen molar-refractivity contribution < 1.29 is 0 Å². The monoisotopic (exact) mass is 258 g/mol. The summed E-state index contributed by atoms with van der Waals surface area (Å²) in [5, 5.41) is 8.46. The second-order valence-corrected chi connectivity index (χ2v) is 5.50. The molecule has 1 aromatic heterocycles. The fourth-order valence-electron chi connectivity index (χ4n) is 2.80. The van der Waals surface area contributed by atoms with Gasteiger partial charge in [-0.2, -0.15) is 5.10 Å². The summed E-state index contributed by atoms with van der Waals surface area (Å²) in [6, 6.07) is 6.45. The van der Waals surface area contributed by atoms with Crippen LogP contribution in [0.1, 0.15) is 12.0 Å². The number of aryl methyl sites for hydroxylation is 1. The molecule has 3 rings (SSSR count). The summed E-state index contributed by atoms with van der Waals surface area (Å²) in [5.41, 5.74) is 2.60. The molecule has 0 bridgehead atoms. The van der Waals surface area contributed by atoms with E-state index in [0.29, 0.717) is 0 Å². The lowest BCUT2D eigenvalue weighted by atomic mass is 10.1. The first-order valence-corrected chi connectivity index (χ1v) is 7.15. The van der Waals surface area contributed by atoms with Gasteiger partial charge in [0.05, 0.1) is 11.7 Å². The highest BCUT2D eigenvalue weighted by Gasteiger charge is 2.13. The third kappa shape index (κ3) is 2.96. The molecule has 2 heterocycles. The Balaban J connectivity index is 1.53. The lowest BCUT2D eigenvalue weighted by molar-refractivity contribution is 0.153. The number of likely N-dealkylation sites (N-methyl/N-ethyl adjacent to an activating group) is 1. The second-order valence-electron chi connectivity index (χ2n) is 5.50. The highest BCUT2D eigenvalue weighted by molar-refractivity contribution is 5.81. The van der Waals surface area contributed by atoms with Crippen LogP contribution in [0.5, 0.6) is 0 Å². The number of H-pyrrole nitrogens is 1. The van der Waals surface area contributed by atoms with Gasteiger partial charge in [0.25, 0.3) is 0 Å². The van der Waals surface area contributed by atoms with Gasteiger partial charge < -0.3 is 9.80 Å². The average Bonchev–Trinajstić information content (AvgIpc) is 2.90. The number of para-hydroxylation sites is 1. The van der Waals surface area contributed by atoms with Gasteiger partial charge in [0.1, 0.15) is 0 Å². The predicted molar refractivity (Wildman–Crippen MR) is 78.4 cm³/mol. The maximum Gasteiger partial charge on any atom is 0.0682 e. The van der Waals surface area contributed by atoms with E-state index in [4.69, 9.17) is 0 Å². The minimum atomic E-state index is 1.13. The third-order valence-electron chi connectivity index (χ3n) is 4.08. The number of aromatic nitrogens is 2. The third-order valence-corrected chi connectivity index (χ3v) is 4.08. The molecule has 4 heteroatoms. The van der Waals surface area contributed by atoms with E-state index in [1.807, 2.05) is 6.20 Å². The first kappa shape index (κ1) is 12.6. The van der Waals surface area contributed by atoms with Crippen LogP contribution < -0.4 is 0 Å². The molecule has 1 saturated heterocycles. The van der Waals surface area contributed by atoms with Gasteiger partial charge >= 0.3 is 0 Å². The number of hydrogen-bond acceptors (Lipinski definition) is 3. The Morgan fingerprint density at radius 1 is 1.21 bits per heavy atom. The number of fused-ring (bicyclic) bond motifs is 1. The fourth-order valence-corrected chi connectivity index (χ4v) is 2.80. The van der Waals surface area contributed by atoms with Crippen LogP contribution in [-0.2, 0) is 6.42 Å². The van der Waals surface area contributed by atoms with Crippen molar-refractivity contribution in [2.24, 2.45) is 0 Å². The summed E-state index contributed by atoms with van der Waals surface area (Å²) in [6.07, 6.45) is 4.26. The zero-order valence-electron chi connectivity index (χ0n) is 11.6. The molecular weight excluding hydrogens is 236 g/mol. The molecule has 0 unspecified atom stereocenters. The zero-order chi connectivity index (χ0) is 13.1. The molecule has 102 valence electrons. The number of aromatic amines is 1. The minimum Gasteiger partial charge on any atom is -0.304 e. The molecule has 0 saturated carbocycles. The van der Waals surface area contributed by atoms with Gasteiger partial charge in [-0.3, -0.25) is 5.10 Å². The molecule has 19 heavy (non-hydrogen) atoms. The van der Waals surface area contributed by atoms with Gasteiger partial charge in [-0.25, -0.2) is 0 Å². The van der Waals surface area contributed by atoms with E-state index >= 15 is 0 Å². The number of hydrogen-bond donors (Lipinski definition) is 1. The Kier molecular flexibility index (Phi) is 3.80. The number of nitrogens with zero attached hydrogens (tertiary/aromatic N) is 3. The number of benzene rings is 1. The van der Waals surface area contributed by atoms with Gasteiger partial charge in [-0.15, -0.1) is 0 Å². The highest BCUT2D eigenvalue weighted by atomic mass is 15.2. The topological polar surface area (TPSA) is 35.2 Å². The van der Waals surface area contributed by atoms with Crippen molar-refractivity contribution in [2.75, 3.05) is 39.8 Å². The summed E-state index contributed by atoms with van der Waals surface area (Å²) < 4.78 is 0. The van der Waals surface area contributed by atoms with Crippen LogP contribution in [0.25, 0.3) is 10.9 Å². The second kappa shape index (κ2) is 5.72. The molecule has 1 N–H and O–H groups in total. The molecule has 0 amide bonds. The molecule has 0 atom stereocenters. The smallest absolute Gasteiger partial charge is 0.0682 e. The van der Waals surface area contributed by atoms with Gasteiger partial charge in [0.2, 0.25) is 0 Å². The number of piperazine rings is 1. The molecular formula is C15H22N4. The SMILES string of the molecule is CN1CCN(CCCc2cccc3cn[nH]c23)CC1. The van der Waals surface area contributed by atoms with Crippen LogP contribution >= 0.6 is 0 Å². The van der Waals surface area contributed by atoms with E-state index in [1.54, 1.807) is 0 Å². The quantitative estimate of drug-likeness (QED) is 0.907. The molecule has 0 radical (unpaired) electrons. The lowest BCUT2D eigenvalue weighted by Crippen LogP contribution is -2.44. The maximum atomic E-state index is 4.13. The van der Waals surface area contributed by atoms with Crippen LogP contribution in [0.4, 0.5) is 0 Å². The van der Waals surface area contributed by atoms with E-state index in [9.17, 15) is 0 Å². The van der Waals surface area contributed by atoms with Crippen molar-refractivity contribution in [3.05, 3.63) is 30.0 Å². The van der Waals surface area contributed by atoms with Gasteiger partial charge in [-0.1, -0.05) is 18.2 Å². The Morgan fingerprint density at radius 2 is 2.05 bits per heavy atom. The molecule has 0 spiro atoms. The zero-order valence-corrected chi connectivity index (χ0v) is 11.6. The van der Waals surface area contributed by atoms with Crippen molar-refractivity contribution in [2.45, 2.75) is 12.8 Å². The van der Waals surface area contributed by atoms with Gasteiger partial charge in [0.15, 0.2) is 0 Å². The molecule has 2 aromatic rings. The molecule has 0 aliphatic carbocycles. The summed E-state index contributed by atoms with van der Waals surface area (Å²) in [5.74, 6) is 0. The van der Waals surface area contributed by atoms with Crippen LogP contribution in [0.15, 0.2) is 24.4 Å². The van der Waals surface area contributed by atoms with E-state index in [1.165, 1.54) is 55.6 Å². The Morgan fingerprint density at radius 3 is 2.89 bits per heavy atom. The number of nitrogens with one attached hydrogen (secondary N) is 1. The van der Waals surface area contributed by atoms with Crippen molar-refractivity contribution in [1.29, 1.82) is 0 Å². The van der Waals surface area contributed by atoms with Crippen LogP contribution in [0.3, 0.4) is 0 Å². The highest BCUT2D eigenvalue weighted by Crippen LogP contribution is 2.17. The molecule has 1 fully saturated rings. The van der Waals surface area contributed by atoms with Crippen molar-refractivity contribution in [1.82, 2.24) is 20.0 Å². The van der Waals surface area contributed by atoms with Gasteiger partial charge in [-0.05, 0) is 32.0 Å². The Bertz CT molecular complexity index is 526. The first-order valence-electron chi connectivity index (χ1n) is 7.15. The fraction of sp³-hybridized carbons (Fsp3) is 0.533. The molecule has 1 aliphatic heterocycles. The summed E-state index contributed by atoms with van der Waals surface area (Å²) in [4.78, 5) is 4.98. The van der Waals surface area contributed by atoms with Crippen molar-refractivity contribution in [3.63, 3.8) is 0 Å². The van der Waals surface area contributed by atoms with Crippen LogP contribution in [0.2, 0.25) is 0 Å².